The average molecular weight is 917 g/mol. The predicted molar refractivity (Wildman–Crippen MR) is 291 cm³/mol. The van der Waals surface area contributed by atoms with Crippen molar-refractivity contribution in [2.75, 3.05) is 0 Å². The molecule has 0 fully saturated rings. The molecule has 8 bridgehead atoms. The van der Waals surface area contributed by atoms with E-state index in [0.717, 1.165) is 117 Å². The second-order valence-corrected chi connectivity index (χ2v) is 18.4. The van der Waals surface area contributed by atoms with Crippen LogP contribution in [0.3, 0.4) is 0 Å². The van der Waals surface area contributed by atoms with E-state index < -0.39 is 5.41 Å². The van der Waals surface area contributed by atoms with E-state index in [9.17, 15) is 4.79 Å². The van der Waals surface area contributed by atoms with Gasteiger partial charge < -0.3 is 9.97 Å². The van der Waals surface area contributed by atoms with Gasteiger partial charge in [0.25, 0.3) is 0 Å². The van der Waals surface area contributed by atoms with E-state index in [2.05, 4.69) is 210 Å². The van der Waals surface area contributed by atoms with Gasteiger partial charge in [-0.25, -0.2) is 9.97 Å². The molecule has 0 amide bonds. The fourth-order valence-electron chi connectivity index (χ4n) is 9.93. The van der Waals surface area contributed by atoms with Gasteiger partial charge in [0.2, 0.25) is 0 Å². The molecule has 2 aliphatic rings. The van der Waals surface area contributed by atoms with Crippen LogP contribution in [0.1, 0.15) is 68.6 Å². The van der Waals surface area contributed by atoms with Crippen LogP contribution in [0.5, 0.6) is 0 Å². The van der Waals surface area contributed by atoms with Crippen molar-refractivity contribution >= 4 is 63.2 Å². The third-order valence-corrected chi connectivity index (χ3v) is 14.0. The summed E-state index contributed by atoms with van der Waals surface area (Å²) in [6, 6.07) is 65.4. The first-order valence-corrected chi connectivity index (χ1v) is 24.1. The molecule has 0 saturated heterocycles. The van der Waals surface area contributed by atoms with Crippen LogP contribution >= 0.6 is 11.8 Å². The molecule has 11 rings (SSSR count). The minimum absolute atomic E-state index is 0.0861. The van der Waals surface area contributed by atoms with Gasteiger partial charge in [-0.1, -0.05) is 163 Å². The van der Waals surface area contributed by atoms with Crippen LogP contribution in [0.25, 0.3) is 79.8 Å². The van der Waals surface area contributed by atoms with Crippen molar-refractivity contribution in [3.63, 3.8) is 0 Å². The normalized spacial score (nSPS) is 11.8. The van der Waals surface area contributed by atoms with Crippen molar-refractivity contribution in [3.8, 4) is 58.1 Å². The number of rotatable bonds is 9. The van der Waals surface area contributed by atoms with Crippen molar-refractivity contribution in [1.82, 2.24) is 19.9 Å². The van der Waals surface area contributed by atoms with E-state index in [4.69, 9.17) is 22.8 Å². The van der Waals surface area contributed by atoms with Crippen molar-refractivity contribution < 1.29 is 4.79 Å². The lowest BCUT2D eigenvalue weighted by atomic mass is 9.64. The maximum atomic E-state index is 11.9. The fraction of sp³-hybridized carbons (Fsp3) is 0.0469. The summed E-state index contributed by atoms with van der Waals surface area (Å²) in [5, 5.41) is 0.0861. The number of carbonyl (C=O) groups is 1. The van der Waals surface area contributed by atoms with E-state index in [1.165, 1.54) is 11.8 Å². The molecule has 0 radical (unpaired) electrons. The monoisotopic (exact) mass is 916 g/mol. The lowest BCUT2D eigenvalue weighted by molar-refractivity contribution is -0.109. The molecule has 5 nitrogen and oxygen atoms in total. The summed E-state index contributed by atoms with van der Waals surface area (Å²) >= 11 is 1.30. The summed E-state index contributed by atoms with van der Waals surface area (Å²) in [6.45, 7) is 1.60. The molecule has 5 heterocycles. The number of aromatic amines is 2. The molecule has 0 spiro atoms. The van der Waals surface area contributed by atoms with E-state index in [1.54, 1.807) is 6.92 Å². The van der Waals surface area contributed by atoms with Gasteiger partial charge in [-0.15, -0.1) is 12.8 Å². The highest BCUT2D eigenvalue weighted by Crippen LogP contribution is 2.49. The number of nitrogens with one attached hydrogen (secondary N) is 2. The van der Waals surface area contributed by atoms with Gasteiger partial charge in [0.05, 0.1) is 28.2 Å². The number of aromatic nitrogens is 4. The quantitative estimate of drug-likeness (QED) is 0.112. The minimum atomic E-state index is -0.866. The third-order valence-electron chi connectivity index (χ3n) is 13.1. The Morgan fingerprint density at radius 3 is 1.23 bits per heavy atom. The molecule has 2 aliphatic heterocycles. The van der Waals surface area contributed by atoms with Crippen molar-refractivity contribution in [2.45, 2.75) is 18.1 Å². The molecule has 6 heteroatoms. The second-order valence-electron chi connectivity index (χ2n) is 17.3. The zero-order valence-electron chi connectivity index (χ0n) is 38.3. The molecule has 0 aliphatic carbocycles. The molecule has 70 heavy (non-hydrogen) atoms. The molecule has 0 atom stereocenters. The number of H-pyrrole nitrogens is 2. The zero-order chi connectivity index (χ0) is 47.6. The highest BCUT2D eigenvalue weighted by Gasteiger charge is 2.41. The lowest BCUT2D eigenvalue weighted by Gasteiger charge is -2.37. The Balaban J connectivity index is 1.33. The standard InChI is InChI=1S/C64H44N4OS/c1-4-43-21-27-46(28-22-43)61-54-35-33-52(65-54)60(48-31-25-45(26-32-48)41-70-42(3)69)53-34-36-55(66-53)62(47-29-23-44(5-2)24-30-47)57-38-40-59(68-57)63(58-39-37-56(61)67-58)64(49-15-9-6-10-16-49,50-17-11-7-12-18-50)51-19-13-8-14-20-51/h1-2,6-40,65,68H,41H2,3H3. The van der Waals surface area contributed by atoms with Gasteiger partial charge in [0.1, 0.15) is 0 Å². The number of thioether (sulfide) groups is 1. The molecular formula is C64H44N4OS. The maximum absolute atomic E-state index is 11.9. The third kappa shape index (κ3) is 7.97. The number of hydrogen-bond donors (Lipinski definition) is 2. The molecule has 9 aromatic rings. The first-order chi connectivity index (χ1) is 34.4. The molecule has 0 unspecified atom stereocenters. The van der Waals surface area contributed by atoms with Gasteiger partial charge in [0.15, 0.2) is 5.12 Å². The highest BCUT2D eigenvalue weighted by atomic mass is 32.2. The first kappa shape index (κ1) is 43.6. The van der Waals surface area contributed by atoms with Crippen LogP contribution in [-0.2, 0) is 16.0 Å². The van der Waals surface area contributed by atoms with E-state index >= 15 is 0 Å². The van der Waals surface area contributed by atoms with Gasteiger partial charge >= 0.3 is 0 Å². The maximum Gasteiger partial charge on any atom is 0.186 e. The average Bonchev–Trinajstić information content (AvgIpc) is 4.27. The molecule has 332 valence electrons. The number of hydrogen-bond acceptors (Lipinski definition) is 4. The topological polar surface area (TPSA) is 74.4 Å². The second kappa shape index (κ2) is 18.6. The van der Waals surface area contributed by atoms with Gasteiger partial charge in [0, 0.05) is 68.1 Å². The zero-order valence-corrected chi connectivity index (χ0v) is 39.1. The molecule has 0 saturated carbocycles. The van der Waals surface area contributed by atoms with E-state index in [0.29, 0.717) is 5.75 Å². The van der Waals surface area contributed by atoms with Crippen LogP contribution < -0.4 is 0 Å². The first-order valence-electron chi connectivity index (χ1n) is 23.1. The Morgan fingerprint density at radius 2 is 0.829 bits per heavy atom. The predicted octanol–water partition coefficient (Wildman–Crippen LogP) is 14.8. The number of nitrogens with zero attached hydrogens (tertiary/aromatic N) is 2. The Hall–Kier alpha value is -8.94. The van der Waals surface area contributed by atoms with Gasteiger partial charge in [-0.2, -0.15) is 0 Å². The van der Waals surface area contributed by atoms with Crippen LogP contribution in [0.15, 0.2) is 188 Å². The van der Waals surface area contributed by atoms with Crippen molar-refractivity contribution in [2.24, 2.45) is 0 Å². The number of benzene rings is 6. The van der Waals surface area contributed by atoms with Crippen LogP contribution in [-0.4, -0.2) is 25.1 Å². The highest BCUT2D eigenvalue weighted by molar-refractivity contribution is 8.12. The van der Waals surface area contributed by atoms with Crippen LogP contribution in [0, 0.1) is 24.7 Å². The Labute approximate surface area is 411 Å². The largest absolute Gasteiger partial charge is 0.355 e. The van der Waals surface area contributed by atoms with E-state index in [1.807, 2.05) is 24.3 Å². The summed E-state index contributed by atoms with van der Waals surface area (Å²) in [6.07, 6.45) is 20.3. The summed E-state index contributed by atoms with van der Waals surface area (Å²) in [5.74, 6) is 6.18. The summed E-state index contributed by atoms with van der Waals surface area (Å²) in [7, 11) is 0. The van der Waals surface area contributed by atoms with E-state index in [-0.39, 0.29) is 5.12 Å². The number of carbonyl (C=O) groups excluding carboxylic acids is 1. The number of fused-ring (bicyclic) bond motifs is 8. The SMILES string of the molecule is C#Cc1ccc(-c2c3nc(c(C(c4ccccc4)(c4ccccc4)c4ccccc4)c4ccc([nH]4)c(-c4ccc(C#C)cc4)c4nc(c(-c5ccc(CSC(C)=O)cc5)c5ccc2[nH]5)C=C4)C=C3)cc1. The van der Waals surface area contributed by atoms with Crippen LogP contribution in [0.2, 0.25) is 0 Å². The van der Waals surface area contributed by atoms with Gasteiger partial charge in [-0.3, -0.25) is 4.79 Å². The molecule has 6 aromatic carbocycles. The smallest absolute Gasteiger partial charge is 0.186 e. The van der Waals surface area contributed by atoms with Crippen LogP contribution in [0.4, 0.5) is 0 Å². The Kier molecular flexibility index (Phi) is 11.6. The van der Waals surface area contributed by atoms with Crippen molar-refractivity contribution in [1.29, 1.82) is 0 Å². The molecular weight excluding hydrogens is 873 g/mol. The Bertz CT molecular complexity index is 3620. The van der Waals surface area contributed by atoms with Crippen molar-refractivity contribution in [3.05, 3.63) is 250 Å². The molecule has 3 aromatic heterocycles. The number of terminal acetylenes is 2. The summed E-state index contributed by atoms with van der Waals surface area (Å²) in [4.78, 5) is 31.0. The van der Waals surface area contributed by atoms with Gasteiger partial charge in [-0.05, 0) is 112 Å². The lowest BCUT2D eigenvalue weighted by Crippen LogP contribution is -2.32. The fourth-order valence-corrected chi connectivity index (χ4v) is 10.5. The minimum Gasteiger partial charge on any atom is -0.355 e. The summed E-state index contributed by atoms with van der Waals surface area (Å²) < 4.78 is 0. The molecule has 2 N–H and O–H groups in total. The summed E-state index contributed by atoms with van der Waals surface area (Å²) in [5.41, 5.74) is 18.4. The Morgan fingerprint density at radius 1 is 0.471 bits per heavy atom.